The summed E-state index contributed by atoms with van der Waals surface area (Å²) >= 11 is 0. The minimum Gasteiger partial charge on any atom is -0.505 e. The number of nitrogens with zero attached hydrogens (tertiary/aromatic N) is 2. The number of fused-ring (bicyclic) bond motifs is 2. The number of halogens is 1. The molecule has 44 heavy (non-hydrogen) atoms. The number of ether oxygens (including phenoxy) is 2. The summed E-state index contributed by atoms with van der Waals surface area (Å²) in [5.74, 6) is -3.07. The summed E-state index contributed by atoms with van der Waals surface area (Å²) in [7, 11) is -4.07. The van der Waals surface area contributed by atoms with Gasteiger partial charge in [0.1, 0.15) is 35.0 Å². The number of carbonyl (C=O) groups is 3. The maximum Gasteiger partial charge on any atom is 0.383 e. The van der Waals surface area contributed by atoms with Gasteiger partial charge in [-0.1, -0.05) is 30.3 Å². The highest BCUT2D eigenvalue weighted by Crippen LogP contribution is 2.50. The van der Waals surface area contributed by atoms with Crippen LogP contribution in [0, 0.1) is 5.82 Å². The Morgan fingerprint density at radius 2 is 1.73 bits per heavy atom. The molecule has 5 rings (SSSR count). The summed E-state index contributed by atoms with van der Waals surface area (Å²) in [6.45, 7) is 2.57. The number of phenolic OH excluding ortho intramolecular Hbond substituents is 1. The molecule has 0 saturated carbocycles. The van der Waals surface area contributed by atoms with Crippen molar-refractivity contribution in [1.82, 2.24) is 9.88 Å². The van der Waals surface area contributed by atoms with Crippen LogP contribution >= 0.6 is 7.60 Å². The molecule has 1 N–H and O–H groups in total. The molecule has 13 heteroatoms. The Kier molecular flexibility index (Phi) is 8.93. The quantitative estimate of drug-likeness (QED) is 0.122. The lowest BCUT2D eigenvalue weighted by Gasteiger charge is -2.23. The first-order chi connectivity index (χ1) is 21.1. The van der Waals surface area contributed by atoms with Crippen molar-refractivity contribution in [2.75, 3.05) is 19.4 Å². The van der Waals surface area contributed by atoms with Gasteiger partial charge < -0.3 is 19.1 Å². The van der Waals surface area contributed by atoms with Crippen LogP contribution in [0.5, 0.6) is 17.2 Å². The number of phenols is 1. The monoisotopic (exact) mass is 622 g/mol. The number of pyridine rings is 1. The molecule has 1 aromatic heterocycles. The van der Waals surface area contributed by atoms with Gasteiger partial charge in [0.05, 0.1) is 24.9 Å². The van der Waals surface area contributed by atoms with Gasteiger partial charge in [0.25, 0.3) is 11.8 Å². The first kappa shape index (κ1) is 30.7. The minimum atomic E-state index is -4.07. The molecule has 1 aliphatic rings. The van der Waals surface area contributed by atoms with Crippen molar-refractivity contribution in [3.63, 3.8) is 0 Å². The highest BCUT2D eigenvalue weighted by atomic mass is 31.2. The van der Waals surface area contributed by atoms with Gasteiger partial charge in [0.15, 0.2) is 11.9 Å². The Hall–Kier alpha value is -4.80. The zero-order valence-electron chi connectivity index (χ0n) is 23.8. The standard InChI is InChI=1S/C31H28FN2O9P/c1-3-40-31(38)19(2)42-44(39,43-22-8-5-4-6-9-22)17-16-41-28-23-10-7-15-33-26(23)27(35)24-25(28)30(37)34(29(24)36)18-20-11-13-21(32)14-12-20/h4-15,19,35H,3,16-18H2,1-2H3/t19-,44?/m1/s1. The molecule has 0 aliphatic carbocycles. The third kappa shape index (κ3) is 6.27. The second-order valence-corrected chi connectivity index (χ2v) is 11.8. The predicted octanol–water partition coefficient (Wildman–Crippen LogP) is 5.49. The third-order valence-electron chi connectivity index (χ3n) is 6.70. The highest BCUT2D eigenvalue weighted by molar-refractivity contribution is 7.54. The van der Waals surface area contributed by atoms with Crippen LogP contribution in [0.15, 0.2) is 72.9 Å². The van der Waals surface area contributed by atoms with Gasteiger partial charge in [-0.25, -0.2) is 13.8 Å². The van der Waals surface area contributed by atoms with Crippen molar-refractivity contribution in [2.24, 2.45) is 0 Å². The van der Waals surface area contributed by atoms with Crippen LogP contribution in [-0.2, 0) is 25.2 Å². The van der Waals surface area contributed by atoms with E-state index < -0.39 is 43.1 Å². The van der Waals surface area contributed by atoms with Crippen LogP contribution in [-0.4, -0.2) is 58.3 Å². The third-order valence-corrected chi connectivity index (χ3v) is 8.56. The van der Waals surface area contributed by atoms with E-state index >= 15 is 0 Å². The highest BCUT2D eigenvalue weighted by Gasteiger charge is 2.43. The molecule has 0 spiro atoms. The number of hydrogen-bond donors (Lipinski definition) is 1. The summed E-state index contributed by atoms with van der Waals surface area (Å²) in [4.78, 5) is 44.4. The topological polar surface area (TPSA) is 142 Å². The number of benzene rings is 3. The van der Waals surface area contributed by atoms with E-state index in [1.807, 2.05) is 0 Å². The molecule has 2 amide bonds. The van der Waals surface area contributed by atoms with E-state index in [4.69, 9.17) is 18.5 Å². The zero-order chi connectivity index (χ0) is 31.4. The van der Waals surface area contributed by atoms with Crippen LogP contribution in [0.25, 0.3) is 10.9 Å². The maximum absolute atomic E-state index is 13.9. The van der Waals surface area contributed by atoms with Crippen molar-refractivity contribution in [2.45, 2.75) is 26.5 Å². The Bertz CT molecular complexity index is 1770. The van der Waals surface area contributed by atoms with Gasteiger partial charge in [-0.2, -0.15) is 0 Å². The van der Waals surface area contributed by atoms with Gasteiger partial charge in [-0.15, -0.1) is 0 Å². The normalized spacial score (nSPS) is 14.7. The first-order valence-corrected chi connectivity index (χ1v) is 15.4. The molecule has 2 heterocycles. The van der Waals surface area contributed by atoms with Gasteiger partial charge in [-0.3, -0.25) is 24.0 Å². The van der Waals surface area contributed by atoms with E-state index in [0.717, 1.165) is 4.90 Å². The lowest BCUT2D eigenvalue weighted by molar-refractivity contribution is -0.150. The molecule has 4 aromatic rings. The fraction of sp³-hybridized carbons (Fsp3) is 0.226. The summed E-state index contributed by atoms with van der Waals surface area (Å²) in [6, 6.07) is 16.6. The van der Waals surface area contributed by atoms with Crippen LogP contribution in [0.4, 0.5) is 4.39 Å². The first-order valence-electron chi connectivity index (χ1n) is 13.7. The van der Waals surface area contributed by atoms with E-state index in [1.54, 1.807) is 49.4 Å². The van der Waals surface area contributed by atoms with Gasteiger partial charge in [-0.05, 0) is 55.8 Å². The largest absolute Gasteiger partial charge is 0.505 e. The summed E-state index contributed by atoms with van der Waals surface area (Å²) < 4.78 is 49.6. The second-order valence-electron chi connectivity index (χ2n) is 9.74. The number of imide groups is 1. The van der Waals surface area contributed by atoms with Crippen molar-refractivity contribution in [1.29, 1.82) is 0 Å². The van der Waals surface area contributed by atoms with E-state index in [9.17, 15) is 28.4 Å². The molecular formula is C31H28FN2O9P. The van der Waals surface area contributed by atoms with Crippen molar-refractivity contribution in [3.8, 4) is 17.2 Å². The van der Waals surface area contributed by atoms with Crippen molar-refractivity contribution < 1.29 is 47.0 Å². The molecule has 1 unspecified atom stereocenters. The van der Waals surface area contributed by atoms with E-state index in [-0.39, 0.29) is 59.4 Å². The number of aromatic hydroxyl groups is 1. The molecule has 3 aromatic carbocycles. The number of esters is 1. The number of para-hydroxylation sites is 1. The Morgan fingerprint density at radius 3 is 2.43 bits per heavy atom. The fourth-order valence-corrected chi connectivity index (χ4v) is 6.23. The van der Waals surface area contributed by atoms with Crippen LogP contribution in [0.1, 0.15) is 40.1 Å². The molecule has 0 fully saturated rings. The Morgan fingerprint density at radius 1 is 1.02 bits per heavy atom. The van der Waals surface area contributed by atoms with Crippen LogP contribution < -0.4 is 9.26 Å². The molecule has 228 valence electrons. The summed E-state index contributed by atoms with van der Waals surface area (Å²) in [6.07, 6.45) is -0.195. The number of hydrogen-bond acceptors (Lipinski definition) is 10. The van der Waals surface area contributed by atoms with E-state index in [2.05, 4.69) is 4.98 Å². The molecule has 0 radical (unpaired) electrons. The molecule has 0 saturated heterocycles. The SMILES string of the molecule is CCOC(=O)[C@@H](C)OP(=O)(CCOc1c2c(c(O)c3ncccc13)C(=O)N(Cc1ccc(F)cc1)C2=O)Oc1ccccc1. The van der Waals surface area contributed by atoms with E-state index in [0.29, 0.717) is 5.56 Å². The van der Waals surface area contributed by atoms with Crippen LogP contribution in [0.2, 0.25) is 0 Å². The summed E-state index contributed by atoms with van der Waals surface area (Å²) in [5, 5.41) is 11.3. The Balaban J connectivity index is 1.46. The summed E-state index contributed by atoms with van der Waals surface area (Å²) in [5.41, 5.74) is 0.00305. The average molecular weight is 623 g/mol. The smallest absolute Gasteiger partial charge is 0.383 e. The van der Waals surface area contributed by atoms with Crippen LogP contribution in [0.3, 0.4) is 0 Å². The van der Waals surface area contributed by atoms with Crippen molar-refractivity contribution >= 4 is 36.3 Å². The number of carbonyl (C=O) groups excluding carboxylic acids is 3. The van der Waals surface area contributed by atoms with E-state index in [1.165, 1.54) is 37.4 Å². The Labute approximate surface area is 251 Å². The molecule has 2 atom stereocenters. The number of rotatable bonds is 12. The van der Waals surface area contributed by atoms with Gasteiger partial charge >= 0.3 is 13.6 Å². The number of amides is 2. The second kappa shape index (κ2) is 12.8. The maximum atomic E-state index is 13.9. The zero-order valence-corrected chi connectivity index (χ0v) is 24.7. The fourth-order valence-electron chi connectivity index (χ4n) is 4.67. The molecule has 11 nitrogen and oxygen atoms in total. The lowest BCUT2D eigenvalue weighted by Crippen LogP contribution is -2.29. The average Bonchev–Trinajstić information content (AvgIpc) is 3.25. The van der Waals surface area contributed by atoms with Gasteiger partial charge in [0.2, 0.25) is 0 Å². The molecular weight excluding hydrogens is 594 g/mol. The molecule has 0 bridgehead atoms. The number of aromatic nitrogens is 1. The minimum absolute atomic E-state index is 0.0157. The lowest BCUT2D eigenvalue weighted by atomic mass is 10.0. The molecule has 1 aliphatic heterocycles. The predicted molar refractivity (Wildman–Crippen MR) is 156 cm³/mol. The van der Waals surface area contributed by atoms with Gasteiger partial charge in [0, 0.05) is 11.6 Å². The van der Waals surface area contributed by atoms with Crippen molar-refractivity contribution in [3.05, 3.63) is 95.4 Å².